The summed E-state index contributed by atoms with van der Waals surface area (Å²) in [7, 11) is 3.66. The van der Waals surface area contributed by atoms with Gasteiger partial charge in [0.1, 0.15) is 0 Å². The van der Waals surface area contributed by atoms with Crippen molar-refractivity contribution in [2.24, 2.45) is 0 Å². The van der Waals surface area contributed by atoms with Crippen molar-refractivity contribution in [3.63, 3.8) is 0 Å². The predicted molar refractivity (Wildman–Crippen MR) is 86.5 cm³/mol. The molecule has 7 heteroatoms. The molecule has 1 aromatic rings. The van der Waals surface area contributed by atoms with E-state index in [4.69, 9.17) is 4.74 Å². The molecule has 1 saturated heterocycles. The van der Waals surface area contributed by atoms with E-state index in [0.717, 1.165) is 19.5 Å². The molecule has 0 bridgehead atoms. The quantitative estimate of drug-likeness (QED) is 0.760. The number of ether oxygens (including phenoxy) is 1. The largest absolute Gasteiger partial charge is 0.385 e. The summed E-state index contributed by atoms with van der Waals surface area (Å²) in [5.74, 6) is -0.290. The molecule has 0 aromatic carbocycles. The molecule has 0 unspecified atom stereocenters. The van der Waals surface area contributed by atoms with Crippen LogP contribution in [-0.2, 0) is 4.74 Å². The lowest BCUT2D eigenvalue weighted by atomic mass is 10.1. The lowest BCUT2D eigenvalue weighted by molar-refractivity contribution is 0.0663. The maximum absolute atomic E-state index is 12.5. The molecule has 0 spiro atoms. The second kappa shape index (κ2) is 8.59. The molecule has 126 valence electrons. The minimum Gasteiger partial charge on any atom is -0.385 e. The van der Waals surface area contributed by atoms with E-state index in [1.165, 1.54) is 12.4 Å². The standard InChI is InChI=1S/C16H24N4O3/c1-19-5-7-20(8-6-19)16(22)14-10-13(11-17-12-14)15(21)18-4-3-9-23-2/h10-12H,3-9H2,1-2H3,(H,18,21). The van der Waals surface area contributed by atoms with Crippen molar-refractivity contribution in [1.29, 1.82) is 0 Å². The van der Waals surface area contributed by atoms with E-state index < -0.39 is 0 Å². The van der Waals surface area contributed by atoms with Crippen LogP contribution in [0.25, 0.3) is 0 Å². The van der Waals surface area contributed by atoms with Gasteiger partial charge >= 0.3 is 0 Å². The van der Waals surface area contributed by atoms with E-state index in [2.05, 4.69) is 15.2 Å². The van der Waals surface area contributed by atoms with E-state index in [1.807, 2.05) is 7.05 Å². The van der Waals surface area contributed by atoms with E-state index in [0.29, 0.717) is 37.4 Å². The molecule has 0 aliphatic carbocycles. The minimum absolute atomic E-state index is 0.0698. The molecule has 1 aliphatic rings. The third kappa shape index (κ3) is 5.01. The Kier molecular flexibility index (Phi) is 6.49. The number of nitrogens with one attached hydrogen (secondary N) is 1. The number of amides is 2. The van der Waals surface area contributed by atoms with Crippen molar-refractivity contribution in [2.45, 2.75) is 6.42 Å². The Labute approximate surface area is 136 Å². The summed E-state index contributed by atoms with van der Waals surface area (Å²) in [6.07, 6.45) is 3.74. The van der Waals surface area contributed by atoms with E-state index in [-0.39, 0.29) is 11.8 Å². The number of nitrogens with zero attached hydrogens (tertiary/aromatic N) is 3. The number of carbonyl (C=O) groups is 2. The molecule has 23 heavy (non-hydrogen) atoms. The second-order valence-electron chi connectivity index (χ2n) is 5.66. The van der Waals surface area contributed by atoms with Crippen molar-refractivity contribution in [2.75, 3.05) is 53.5 Å². The fourth-order valence-electron chi connectivity index (χ4n) is 2.39. The zero-order chi connectivity index (χ0) is 16.7. The number of piperazine rings is 1. The highest BCUT2D eigenvalue weighted by molar-refractivity contribution is 5.99. The van der Waals surface area contributed by atoms with Gasteiger partial charge in [0.2, 0.25) is 0 Å². The lowest BCUT2D eigenvalue weighted by Gasteiger charge is -2.32. The first-order chi connectivity index (χ1) is 11.1. The Morgan fingerprint density at radius 1 is 1.22 bits per heavy atom. The first-order valence-electron chi connectivity index (χ1n) is 7.82. The average Bonchev–Trinajstić information content (AvgIpc) is 2.59. The molecule has 1 fully saturated rings. The van der Waals surface area contributed by atoms with Gasteiger partial charge in [0, 0.05) is 58.8 Å². The fraction of sp³-hybridized carbons (Fsp3) is 0.562. The summed E-state index contributed by atoms with van der Waals surface area (Å²) >= 11 is 0. The number of rotatable bonds is 6. The van der Waals surface area contributed by atoms with Crippen molar-refractivity contribution in [1.82, 2.24) is 20.1 Å². The first-order valence-corrected chi connectivity index (χ1v) is 7.82. The van der Waals surface area contributed by atoms with Gasteiger partial charge in [-0.05, 0) is 19.5 Å². The molecule has 7 nitrogen and oxygen atoms in total. The number of likely N-dealkylation sites (N-methyl/N-ethyl adjacent to an activating group) is 1. The van der Waals surface area contributed by atoms with Crippen LogP contribution in [0.3, 0.4) is 0 Å². The number of methoxy groups -OCH3 is 1. The Morgan fingerprint density at radius 2 is 1.91 bits per heavy atom. The number of aromatic nitrogens is 1. The first kappa shape index (κ1) is 17.4. The molecule has 2 heterocycles. The molecule has 0 saturated carbocycles. The van der Waals surface area contributed by atoms with Crippen LogP contribution in [0.5, 0.6) is 0 Å². The van der Waals surface area contributed by atoms with Crippen LogP contribution in [0, 0.1) is 0 Å². The van der Waals surface area contributed by atoms with Gasteiger partial charge in [-0.15, -0.1) is 0 Å². The number of carbonyl (C=O) groups excluding carboxylic acids is 2. The Balaban J connectivity index is 1.96. The van der Waals surface area contributed by atoms with Gasteiger partial charge in [-0.3, -0.25) is 14.6 Å². The zero-order valence-electron chi connectivity index (χ0n) is 13.7. The van der Waals surface area contributed by atoms with Crippen LogP contribution in [-0.4, -0.2) is 80.1 Å². The summed E-state index contributed by atoms with van der Waals surface area (Å²) in [6, 6.07) is 1.61. The molecular weight excluding hydrogens is 296 g/mol. The number of hydrogen-bond donors (Lipinski definition) is 1. The molecule has 2 amide bonds. The summed E-state index contributed by atoms with van der Waals surface area (Å²) in [5.41, 5.74) is 0.862. The second-order valence-corrected chi connectivity index (χ2v) is 5.66. The van der Waals surface area contributed by atoms with Gasteiger partial charge < -0.3 is 19.9 Å². The molecular formula is C16H24N4O3. The van der Waals surface area contributed by atoms with Gasteiger partial charge in [0.25, 0.3) is 11.8 Å². The Morgan fingerprint density at radius 3 is 2.61 bits per heavy atom. The third-order valence-corrected chi connectivity index (χ3v) is 3.85. The van der Waals surface area contributed by atoms with Crippen molar-refractivity contribution in [3.8, 4) is 0 Å². The van der Waals surface area contributed by atoms with Crippen LogP contribution in [0.1, 0.15) is 27.1 Å². The molecule has 0 radical (unpaired) electrons. The van der Waals surface area contributed by atoms with Gasteiger partial charge in [-0.2, -0.15) is 0 Å². The fourth-order valence-corrected chi connectivity index (χ4v) is 2.39. The van der Waals surface area contributed by atoms with Gasteiger partial charge in [-0.1, -0.05) is 0 Å². The van der Waals surface area contributed by atoms with Crippen LogP contribution in [0.4, 0.5) is 0 Å². The summed E-state index contributed by atoms with van der Waals surface area (Å²) in [6.45, 7) is 4.24. The SMILES string of the molecule is COCCCNC(=O)c1cncc(C(=O)N2CCN(C)CC2)c1. The highest BCUT2D eigenvalue weighted by Gasteiger charge is 2.21. The van der Waals surface area contributed by atoms with Gasteiger partial charge in [-0.25, -0.2) is 0 Å². The topological polar surface area (TPSA) is 74.8 Å². The van der Waals surface area contributed by atoms with E-state index in [9.17, 15) is 9.59 Å². The lowest BCUT2D eigenvalue weighted by Crippen LogP contribution is -2.47. The summed E-state index contributed by atoms with van der Waals surface area (Å²) < 4.78 is 4.94. The van der Waals surface area contributed by atoms with Gasteiger partial charge in [0.15, 0.2) is 0 Å². The van der Waals surface area contributed by atoms with Crippen LogP contribution >= 0.6 is 0 Å². The highest BCUT2D eigenvalue weighted by Crippen LogP contribution is 2.09. The Bertz CT molecular complexity index is 542. The monoisotopic (exact) mass is 320 g/mol. The third-order valence-electron chi connectivity index (χ3n) is 3.85. The van der Waals surface area contributed by atoms with Crippen LogP contribution < -0.4 is 5.32 Å². The molecule has 0 atom stereocenters. The summed E-state index contributed by atoms with van der Waals surface area (Å²) in [5, 5.41) is 2.79. The maximum Gasteiger partial charge on any atom is 0.255 e. The van der Waals surface area contributed by atoms with Crippen molar-refractivity contribution >= 4 is 11.8 Å². The normalized spacial score (nSPS) is 15.5. The number of pyridine rings is 1. The van der Waals surface area contributed by atoms with Crippen molar-refractivity contribution in [3.05, 3.63) is 29.6 Å². The highest BCUT2D eigenvalue weighted by atomic mass is 16.5. The minimum atomic E-state index is -0.221. The average molecular weight is 320 g/mol. The summed E-state index contributed by atoms with van der Waals surface area (Å²) in [4.78, 5) is 32.6. The van der Waals surface area contributed by atoms with Crippen LogP contribution in [0.2, 0.25) is 0 Å². The number of hydrogen-bond acceptors (Lipinski definition) is 5. The van der Waals surface area contributed by atoms with E-state index >= 15 is 0 Å². The predicted octanol–water partition coefficient (Wildman–Crippen LogP) is 0.236. The molecule has 1 aromatic heterocycles. The maximum atomic E-state index is 12.5. The molecule has 2 rings (SSSR count). The smallest absolute Gasteiger partial charge is 0.255 e. The molecule has 1 N–H and O–H groups in total. The Hall–Kier alpha value is -1.99. The molecule has 1 aliphatic heterocycles. The zero-order valence-corrected chi connectivity index (χ0v) is 13.7. The van der Waals surface area contributed by atoms with Gasteiger partial charge in [0.05, 0.1) is 11.1 Å². The van der Waals surface area contributed by atoms with E-state index in [1.54, 1.807) is 18.1 Å². The van der Waals surface area contributed by atoms with Crippen LogP contribution in [0.15, 0.2) is 18.5 Å². The van der Waals surface area contributed by atoms with Crippen molar-refractivity contribution < 1.29 is 14.3 Å².